The predicted octanol–water partition coefficient (Wildman–Crippen LogP) is 0.831. The molecule has 1 saturated heterocycles. The Morgan fingerprint density at radius 1 is 1.90 bits per heavy atom. The zero-order chi connectivity index (χ0) is 7.56. The smallest absolute Gasteiger partial charge is 0.215 e. The van der Waals surface area contributed by atoms with Gasteiger partial charge in [-0.05, 0) is 0 Å². The molecule has 4 nitrogen and oxygen atoms in total. The fourth-order valence-corrected chi connectivity index (χ4v) is 0.909. The van der Waals surface area contributed by atoms with Gasteiger partial charge in [-0.15, -0.1) is 0 Å². The quantitative estimate of drug-likeness (QED) is 0.334. The van der Waals surface area contributed by atoms with Crippen LogP contribution in [0.5, 0.6) is 0 Å². The van der Waals surface area contributed by atoms with Crippen LogP contribution in [0.25, 0.3) is 0 Å². The largest absolute Gasteiger partial charge is 0.373 e. The van der Waals surface area contributed by atoms with E-state index in [-0.39, 0.29) is 11.0 Å². The van der Waals surface area contributed by atoms with Gasteiger partial charge < -0.3 is 4.74 Å². The SMILES string of the molecule is CCC(CC1CO1)[N+](=O)[O-]. The predicted molar refractivity (Wildman–Crippen MR) is 35.4 cm³/mol. The number of ether oxygens (including phenoxy) is 1. The first-order valence-corrected chi connectivity index (χ1v) is 3.49. The summed E-state index contributed by atoms with van der Waals surface area (Å²) in [5.41, 5.74) is 0. The second kappa shape index (κ2) is 2.96. The normalized spacial score (nSPS) is 25.9. The molecule has 4 heteroatoms. The van der Waals surface area contributed by atoms with Crippen molar-refractivity contribution >= 4 is 0 Å². The summed E-state index contributed by atoms with van der Waals surface area (Å²) in [5, 5.41) is 10.2. The highest BCUT2D eigenvalue weighted by Crippen LogP contribution is 2.18. The average molecular weight is 145 g/mol. The van der Waals surface area contributed by atoms with Crippen LogP contribution in [0.4, 0.5) is 0 Å². The Morgan fingerprint density at radius 2 is 2.50 bits per heavy atom. The molecular weight excluding hydrogens is 134 g/mol. The van der Waals surface area contributed by atoms with Gasteiger partial charge in [0, 0.05) is 17.8 Å². The van der Waals surface area contributed by atoms with Crippen molar-refractivity contribution in [1.29, 1.82) is 0 Å². The van der Waals surface area contributed by atoms with Crippen LogP contribution in [-0.4, -0.2) is 23.7 Å². The lowest BCUT2D eigenvalue weighted by Gasteiger charge is -2.02. The zero-order valence-corrected chi connectivity index (χ0v) is 5.95. The van der Waals surface area contributed by atoms with Gasteiger partial charge in [-0.2, -0.15) is 0 Å². The average Bonchev–Trinajstić information content (AvgIpc) is 2.64. The highest BCUT2D eigenvalue weighted by atomic mass is 16.6. The van der Waals surface area contributed by atoms with Crippen LogP contribution in [-0.2, 0) is 4.74 Å². The van der Waals surface area contributed by atoms with E-state index in [1.165, 1.54) is 0 Å². The molecule has 0 aliphatic carbocycles. The van der Waals surface area contributed by atoms with Crippen molar-refractivity contribution in [2.75, 3.05) is 6.61 Å². The van der Waals surface area contributed by atoms with Gasteiger partial charge in [-0.25, -0.2) is 0 Å². The molecule has 0 aromatic carbocycles. The Hall–Kier alpha value is -0.640. The minimum absolute atomic E-state index is 0.176. The molecule has 1 fully saturated rings. The minimum Gasteiger partial charge on any atom is -0.373 e. The number of nitrogens with zero attached hydrogens (tertiary/aromatic N) is 1. The van der Waals surface area contributed by atoms with Gasteiger partial charge in [0.2, 0.25) is 6.04 Å². The molecule has 0 N–H and O–H groups in total. The molecule has 2 unspecified atom stereocenters. The molecule has 1 aliphatic heterocycles. The van der Waals surface area contributed by atoms with E-state index in [0.717, 1.165) is 0 Å². The van der Waals surface area contributed by atoms with Crippen molar-refractivity contribution in [2.45, 2.75) is 31.9 Å². The molecule has 0 bridgehead atoms. The molecular formula is C6H11NO3. The van der Waals surface area contributed by atoms with Crippen LogP contribution < -0.4 is 0 Å². The van der Waals surface area contributed by atoms with Gasteiger partial charge in [-0.1, -0.05) is 6.92 Å². The molecule has 0 saturated carbocycles. The third-order valence-corrected chi connectivity index (χ3v) is 1.71. The lowest BCUT2D eigenvalue weighted by Crippen LogP contribution is -2.20. The van der Waals surface area contributed by atoms with E-state index in [0.29, 0.717) is 19.4 Å². The Morgan fingerprint density at radius 3 is 2.80 bits per heavy atom. The van der Waals surface area contributed by atoms with Crippen LogP contribution >= 0.6 is 0 Å². The third kappa shape index (κ3) is 1.95. The van der Waals surface area contributed by atoms with Crippen LogP contribution in [0.3, 0.4) is 0 Å². The number of epoxide rings is 1. The lowest BCUT2D eigenvalue weighted by molar-refractivity contribution is -0.524. The van der Waals surface area contributed by atoms with Gasteiger partial charge in [0.05, 0.1) is 12.7 Å². The fourth-order valence-electron chi connectivity index (χ4n) is 0.909. The molecule has 0 radical (unpaired) electrons. The summed E-state index contributed by atoms with van der Waals surface area (Å²) in [4.78, 5) is 10.0. The van der Waals surface area contributed by atoms with E-state index in [2.05, 4.69) is 0 Å². The molecule has 10 heavy (non-hydrogen) atoms. The molecule has 0 aromatic rings. The van der Waals surface area contributed by atoms with E-state index in [1.807, 2.05) is 6.92 Å². The number of hydrogen-bond donors (Lipinski definition) is 0. The number of nitro groups is 1. The van der Waals surface area contributed by atoms with Crippen LogP contribution in [0.1, 0.15) is 19.8 Å². The topological polar surface area (TPSA) is 55.7 Å². The maximum atomic E-state index is 10.2. The number of rotatable bonds is 4. The third-order valence-electron chi connectivity index (χ3n) is 1.71. The van der Waals surface area contributed by atoms with Gasteiger partial charge in [0.1, 0.15) is 0 Å². The summed E-state index contributed by atoms with van der Waals surface area (Å²) < 4.78 is 4.89. The van der Waals surface area contributed by atoms with Crippen molar-refractivity contribution in [3.63, 3.8) is 0 Å². The van der Waals surface area contributed by atoms with Gasteiger partial charge in [-0.3, -0.25) is 10.1 Å². The summed E-state index contributed by atoms with van der Waals surface area (Å²) in [5.74, 6) is 0. The van der Waals surface area contributed by atoms with Gasteiger partial charge in [0.15, 0.2) is 0 Å². The molecule has 0 aromatic heterocycles. The van der Waals surface area contributed by atoms with E-state index in [4.69, 9.17) is 4.74 Å². The second-order valence-corrected chi connectivity index (χ2v) is 2.54. The first-order chi connectivity index (χ1) is 4.74. The van der Waals surface area contributed by atoms with E-state index in [9.17, 15) is 10.1 Å². The van der Waals surface area contributed by atoms with Crippen molar-refractivity contribution in [3.05, 3.63) is 10.1 Å². The minimum atomic E-state index is -0.396. The van der Waals surface area contributed by atoms with Crippen LogP contribution in [0, 0.1) is 10.1 Å². The Bertz CT molecular complexity index is 133. The molecule has 0 amide bonds. The van der Waals surface area contributed by atoms with Crippen molar-refractivity contribution in [2.24, 2.45) is 0 Å². The monoisotopic (exact) mass is 145 g/mol. The molecule has 2 atom stereocenters. The second-order valence-electron chi connectivity index (χ2n) is 2.54. The summed E-state index contributed by atoms with van der Waals surface area (Å²) in [6, 6.07) is -0.396. The molecule has 0 spiro atoms. The maximum absolute atomic E-state index is 10.2. The lowest BCUT2D eigenvalue weighted by atomic mass is 10.1. The fraction of sp³-hybridized carbons (Fsp3) is 1.00. The summed E-state index contributed by atoms with van der Waals surface area (Å²) in [6.07, 6.45) is 1.37. The first kappa shape index (κ1) is 7.47. The molecule has 1 aliphatic rings. The van der Waals surface area contributed by atoms with Crippen molar-refractivity contribution < 1.29 is 9.66 Å². The van der Waals surface area contributed by atoms with E-state index in [1.54, 1.807) is 0 Å². The number of hydrogen-bond acceptors (Lipinski definition) is 3. The highest BCUT2D eigenvalue weighted by Gasteiger charge is 2.31. The highest BCUT2D eigenvalue weighted by molar-refractivity contribution is 4.72. The van der Waals surface area contributed by atoms with Crippen molar-refractivity contribution in [1.82, 2.24) is 0 Å². The summed E-state index contributed by atoms with van der Waals surface area (Å²) >= 11 is 0. The van der Waals surface area contributed by atoms with Gasteiger partial charge >= 0.3 is 0 Å². The Labute approximate surface area is 59.3 Å². The Balaban J connectivity index is 2.24. The Kier molecular flexibility index (Phi) is 2.21. The summed E-state index contributed by atoms with van der Waals surface area (Å²) in [7, 11) is 0. The zero-order valence-electron chi connectivity index (χ0n) is 5.95. The summed E-state index contributed by atoms with van der Waals surface area (Å²) in [6.45, 7) is 2.54. The van der Waals surface area contributed by atoms with Gasteiger partial charge in [0.25, 0.3) is 0 Å². The van der Waals surface area contributed by atoms with Crippen molar-refractivity contribution in [3.8, 4) is 0 Å². The standard InChI is InChI=1S/C6H11NO3/c1-2-5(7(8)9)3-6-4-10-6/h5-6H,2-4H2,1H3. The first-order valence-electron chi connectivity index (χ1n) is 3.49. The molecule has 58 valence electrons. The molecule has 1 rings (SSSR count). The maximum Gasteiger partial charge on any atom is 0.215 e. The van der Waals surface area contributed by atoms with Crippen LogP contribution in [0.15, 0.2) is 0 Å². The van der Waals surface area contributed by atoms with Crippen LogP contribution in [0.2, 0.25) is 0 Å². The molecule has 1 heterocycles. The van der Waals surface area contributed by atoms with E-state index >= 15 is 0 Å². The van der Waals surface area contributed by atoms with E-state index < -0.39 is 6.04 Å².